The number of rotatable bonds is 3. The number of ether oxygens (including phenoxy) is 1. The lowest BCUT2D eigenvalue weighted by molar-refractivity contribution is 0.445. The van der Waals surface area contributed by atoms with Crippen LogP contribution in [-0.2, 0) is 6.42 Å². The van der Waals surface area contributed by atoms with Crippen LogP contribution in [0.4, 0.5) is 15.8 Å². The van der Waals surface area contributed by atoms with Gasteiger partial charge in [0.15, 0.2) is 11.6 Å². The Morgan fingerprint density at radius 3 is 2.63 bits per heavy atom. The molecule has 0 aromatic heterocycles. The van der Waals surface area contributed by atoms with Crippen LogP contribution in [0.2, 0.25) is 5.02 Å². The van der Waals surface area contributed by atoms with Crippen LogP contribution in [0.5, 0.6) is 11.5 Å². The van der Waals surface area contributed by atoms with Crippen LogP contribution in [0.3, 0.4) is 0 Å². The third-order valence-corrected chi connectivity index (χ3v) is 3.13. The summed E-state index contributed by atoms with van der Waals surface area (Å²) >= 11 is 5.74. The van der Waals surface area contributed by atoms with Gasteiger partial charge in [-0.1, -0.05) is 30.7 Å². The van der Waals surface area contributed by atoms with Crippen molar-refractivity contribution in [1.29, 1.82) is 0 Å². The first kappa shape index (κ1) is 13.5. The van der Waals surface area contributed by atoms with E-state index in [2.05, 4.69) is 0 Å². The van der Waals surface area contributed by atoms with Gasteiger partial charge in [0.05, 0.1) is 11.4 Å². The maximum absolute atomic E-state index is 14.0. The molecule has 4 N–H and O–H groups in total. The molecule has 0 spiro atoms. The van der Waals surface area contributed by atoms with Crippen molar-refractivity contribution in [3.8, 4) is 11.5 Å². The molecule has 2 aromatic rings. The number of nitrogens with two attached hydrogens (primary N) is 2. The maximum atomic E-state index is 14.0. The number of anilines is 2. The molecule has 19 heavy (non-hydrogen) atoms. The fraction of sp³-hybridized carbons (Fsp3) is 0.143. The Bertz CT molecular complexity index is 617. The molecule has 0 fully saturated rings. The third-order valence-electron chi connectivity index (χ3n) is 2.75. The number of nitrogen functional groups attached to an aromatic ring is 2. The topological polar surface area (TPSA) is 61.3 Å². The van der Waals surface area contributed by atoms with Crippen molar-refractivity contribution < 1.29 is 9.13 Å². The number of hydrogen-bond donors (Lipinski definition) is 2. The first-order valence-electron chi connectivity index (χ1n) is 5.82. The zero-order valence-corrected chi connectivity index (χ0v) is 11.2. The Hall–Kier alpha value is -1.94. The van der Waals surface area contributed by atoms with Gasteiger partial charge in [-0.3, -0.25) is 0 Å². The molecule has 0 aliphatic carbocycles. The van der Waals surface area contributed by atoms with E-state index in [4.69, 9.17) is 27.8 Å². The zero-order valence-electron chi connectivity index (χ0n) is 10.4. The minimum atomic E-state index is -0.749. The first-order chi connectivity index (χ1) is 9.02. The molecule has 0 saturated heterocycles. The summed E-state index contributed by atoms with van der Waals surface area (Å²) < 4.78 is 19.5. The van der Waals surface area contributed by atoms with Crippen LogP contribution in [0, 0.1) is 5.82 Å². The molecule has 100 valence electrons. The van der Waals surface area contributed by atoms with Gasteiger partial charge in [-0.05, 0) is 30.2 Å². The Balaban J connectivity index is 2.40. The molecule has 0 radical (unpaired) electrons. The molecule has 0 aliphatic heterocycles. The lowest BCUT2D eigenvalue weighted by atomic mass is 10.1. The monoisotopic (exact) mass is 280 g/mol. The van der Waals surface area contributed by atoms with Crippen molar-refractivity contribution in [2.75, 3.05) is 11.5 Å². The standard InChI is InChI=1S/C14H14ClFN2O/c1-2-8-4-3-5-9(6-8)19-14-11(18)7-10(17)12(15)13(14)16/h3-7H,2,17-18H2,1H3. The summed E-state index contributed by atoms with van der Waals surface area (Å²) in [5, 5.41) is -0.184. The third kappa shape index (κ3) is 2.74. The van der Waals surface area contributed by atoms with Crippen molar-refractivity contribution in [2.24, 2.45) is 0 Å². The van der Waals surface area contributed by atoms with Gasteiger partial charge in [0.2, 0.25) is 0 Å². The SMILES string of the molecule is CCc1cccc(Oc2c(N)cc(N)c(Cl)c2F)c1. The second-order valence-corrected chi connectivity index (χ2v) is 4.49. The van der Waals surface area contributed by atoms with Gasteiger partial charge in [0.1, 0.15) is 10.8 Å². The normalized spacial score (nSPS) is 10.5. The molecule has 0 amide bonds. The van der Waals surface area contributed by atoms with Crippen LogP contribution in [0.1, 0.15) is 12.5 Å². The second kappa shape index (κ2) is 5.36. The van der Waals surface area contributed by atoms with Crippen molar-refractivity contribution >= 4 is 23.0 Å². The van der Waals surface area contributed by atoms with Gasteiger partial charge in [-0.2, -0.15) is 0 Å². The average Bonchev–Trinajstić information content (AvgIpc) is 2.41. The van der Waals surface area contributed by atoms with Crippen molar-refractivity contribution in [3.05, 3.63) is 46.7 Å². The Morgan fingerprint density at radius 2 is 1.95 bits per heavy atom. The van der Waals surface area contributed by atoms with Gasteiger partial charge in [0, 0.05) is 0 Å². The molecule has 0 unspecified atom stereocenters. The number of halogens is 2. The number of benzene rings is 2. The zero-order chi connectivity index (χ0) is 14.0. The second-order valence-electron chi connectivity index (χ2n) is 4.12. The lowest BCUT2D eigenvalue weighted by Crippen LogP contribution is -1.99. The quantitative estimate of drug-likeness (QED) is 0.836. The van der Waals surface area contributed by atoms with E-state index in [0.717, 1.165) is 12.0 Å². The van der Waals surface area contributed by atoms with E-state index in [1.165, 1.54) is 6.07 Å². The summed E-state index contributed by atoms with van der Waals surface area (Å²) in [7, 11) is 0. The van der Waals surface area contributed by atoms with Crippen LogP contribution in [0.25, 0.3) is 0 Å². The molecular formula is C14H14ClFN2O. The predicted molar refractivity (Wildman–Crippen MR) is 76.1 cm³/mol. The molecule has 0 bridgehead atoms. The highest BCUT2D eigenvalue weighted by Gasteiger charge is 2.16. The molecular weight excluding hydrogens is 267 g/mol. The predicted octanol–water partition coefficient (Wildman–Crippen LogP) is 4.00. The highest BCUT2D eigenvalue weighted by Crippen LogP contribution is 2.38. The minimum absolute atomic E-state index is 0.0892. The van der Waals surface area contributed by atoms with E-state index in [1.54, 1.807) is 6.07 Å². The molecule has 5 heteroatoms. The van der Waals surface area contributed by atoms with E-state index in [-0.39, 0.29) is 22.1 Å². The smallest absolute Gasteiger partial charge is 0.188 e. The summed E-state index contributed by atoms with van der Waals surface area (Å²) in [5.74, 6) is -0.348. The highest BCUT2D eigenvalue weighted by molar-refractivity contribution is 6.33. The summed E-state index contributed by atoms with van der Waals surface area (Å²) in [6.45, 7) is 2.02. The summed E-state index contributed by atoms with van der Waals surface area (Å²) in [5.41, 5.74) is 12.5. The molecule has 0 heterocycles. The van der Waals surface area contributed by atoms with Gasteiger partial charge in [-0.25, -0.2) is 4.39 Å². The molecule has 2 aromatic carbocycles. The van der Waals surface area contributed by atoms with E-state index < -0.39 is 5.82 Å². The Kier molecular flexibility index (Phi) is 3.81. The fourth-order valence-corrected chi connectivity index (χ4v) is 1.84. The largest absolute Gasteiger partial charge is 0.452 e. The molecule has 0 atom stereocenters. The summed E-state index contributed by atoms with van der Waals surface area (Å²) in [6.07, 6.45) is 0.859. The lowest BCUT2D eigenvalue weighted by Gasteiger charge is -2.12. The van der Waals surface area contributed by atoms with Crippen LogP contribution in [-0.4, -0.2) is 0 Å². The van der Waals surface area contributed by atoms with E-state index in [1.807, 2.05) is 25.1 Å². The highest BCUT2D eigenvalue weighted by atomic mass is 35.5. The van der Waals surface area contributed by atoms with Gasteiger partial charge in [0.25, 0.3) is 0 Å². The number of aryl methyl sites for hydroxylation is 1. The van der Waals surface area contributed by atoms with Crippen molar-refractivity contribution in [1.82, 2.24) is 0 Å². The van der Waals surface area contributed by atoms with Crippen LogP contribution < -0.4 is 16.2 Å². The Morgan fingerprint density at radius 1 is 1.21 bits per heavy atom. The molecule has 0 saturated carbocycles. The van der Waals surface area contributed by atoms with Crippen LogP contribution in [0.15, 0.2) is 30.3 Å². The minimum Gasteiger partial charge on any atom is -0.452 e. The molecule has 0 aliphatic rings. The molecule has 2 rings (SSSR count). The van der Waals surface area contributed by atoms with Gasteiger partial charge < -0.3 is 16.2 Å². The van der Waals surface area contributed by atoms with Crippen LogP contribution >= 0.6 is 11.6 Å². The van der Waals surface area contributed by atoms with E-state index in [9.17, 15) is 4.39 Å². The number of hydrogen-bond acceptors (Lipinski definition) is 3. The average molecular weight is 281 g/mol. The van der Waals surface area contributed by atoms with Crippen molar-refractivity contribution in [2.45, 2.75) is 13.3 Å². The van der Waals surface area contributed by atoms with Crippen molar-refractivity contribution in [3.63, 3.8) is 0 Å². The van der Waals surface area contributed by atoms with E-state index in [0.29, 0.717) is 5.75 Å². The van der Waals surface area contributed by atoms with Gasteiger partial charge >= 0.3 is 0 Å². The summed E-state index contributed by atoms with van der Waals surface area (Å²) in [4.78, 5) is 0. The summed E-state index contributed by atoms with van der Waals surface area (Å²) in [6, 6.07) is 8.72. The Labute approximate surface area is 115 Å². The first-order valence-corrected chi connectivity index (χ1v) is 6.20. The van der Waals surface area contributed by atoms with E-state index >= 15 is 0 Å². The fourth-order valence-electron chi connectivity index (χ4n) is 1.70. The maximum Gasteiger partial charge on any atom is 0.188 e. The van der Waals surface area contributed by atoms with Gasteiger partial charge in [-0.15, -0.1) is 0 Å². The molecule has 3 nitrogen and oxygen atoms in total.